The number of halogens is 2. The molecule has 2 aliphatic rings. The lowest BCUT2D eigenvalue weighted by Crippen LogP contribution is -2.38. The number of nitrogens with zero attached hydrogens (tertiary/aromatic N) is 5. The molecule has 9 aromatic rings. The molecule has 0 aliphatic carbocycles. The Morgan fingerprint density at radius 1 is 0.674 bits per heavy atom. The molecule has 29 heteroatoms. The molecule has 6 aromatic carbocycles. The second kappa shape index (κ2) is 28.1. The Kier molecular flexibility index (Phi) is 19.9. The molecule has 25 nitrogen and oxygen atoms in total. The van der Waals surface area contributed by atoms with Gasteiger partial charge in [0.1, 0.15) is 71.3 Å². The molecule has 0 spiro atoms. The van der Waals surface area contributed by atoms with Gasteiger partial charge in [-0.15, -0.1) is 0 Å². The first kappa shape index (κ1) is 65.0. The Balaban J connectivity index is 0.961. The zero-order valence-electron chi connectivity index (χ0n) is 49.5. The second-order valence-electron chi connectivity index (χ2n) is 21.3. The number of rotatable bonds is 25. The number of phosphoric acid groups is 2. The van der Waals surface area contributed by atoms with E-state index in [-0.39, 0.29) is 53.9 Å². The second-order valence-corrected chi connectivity index (χ2v) is 25.1. The number of imidazole rings is 1. The number of amides is 2. The predicted molar refractivity (Wildman–Crippen MR) is 337 cm³/mol. The Morgan fingerprint density at radius 2 is 1.21 bits per heavy atom. The molecule has 2 amide bonds. The molecule has 0 radical (unpaired) electrons. The first-order chi connectivity index (χ1) is 44.3. The maximum atomic E-state index is 16.0. The van der Waals surface area contributed by atoms with E-state index in [2.05, 4.69) is 30.6 Å². The number of phosphoric ester groups is 2. The van der Waals surface area contributed by atoms with Crippen molar-refractivity contribution in [1.29, 1.82) is 0 Å². The fourth-order valence-electron chi connectivity index (χ4n) is 10.3. The number of benzene rings is 6. The Hall–Kier alpha value is -8.55. The first-order valence-electron chi connectivity index (χ1n) is 28.6. The Morgan fingerprint density at radius 3 is 1.78 bits per heavy atom. The molecule has 0 bridgehead atoms. The van der Waals surface area contributed by atoms with Crippen molar-refractivity contribution in [2.75, 3.05) is 38.1 Å². The molecule has 2 saturated heterocycles. The van der Waals surface area contributed by atoms with E-state index in [1.54, 1.807) is 82.7 Å². The van der Waals surface area contributed by atoms with Crippen LogP contribution in [-0.4, -0.2) is 97.6 Å². The standard InChI is InChI=1S/C63H60Cl2N8O17P2/c1-38(2)58(74)70-61-69-57-56(60(76)71-61)66-37-73(57)55-34-50(51(85-55)35-83-63(40-13-9-6-10-14-40,41-15-23-45(81-3)24-16-41)42-17-25-46(82-4)26-18-42)90-92(80,88-48-29-21-44(65)22-30-48)84-36-52-49(89-91(78,79)87-47-27-19-43(64)20-28-47)33-54(86-52)72-32-31-53(68-62(72)77)67-59(75)39-11-7-5-8-12-39/h5-32,37-38,49-52,54-55H,33-36H2,1-4H3,(H,78,79)(H,67,68,75,77)(H2,69,70,71,74,76)/t49-,50-,51+,52+,54+,55+,92?/m0/s1. The van der Waals surface area contributed by atoms with Gasteiger partial charge in [-0.3, -0.25) is 52.3 Å². The third-order valence-electron chi connectivity index (χ3n) is 14.9. The predicted octanol–water partition coefficient (Wildman–Crippen LogP) is 11.3. The van der Waals surface area contributed by atoms with Crippen molar-refractivity contribution in [3.05, 3.63) is 229 Å². The molecule has 2 fully saturated rings. The number of nitrogens with one attached hydrogen (secondary N) is 3. The van der Waals surface area contributed by atoms with E-state index in [0.717, 1.165) is 4.57 Å². The van der Waals surface area contributed by atoms with Crippen LogP contribution < -0.4 is 40.4 Å². The van der Waals surface area contributed by atoms with Gasteiger partial charge in [0.2, 0.25) is 11.9 Å². The van der Waals surface area contributed by atoms with E-state index < -0.39 is 93.7 Å². The lowest BCUT2D eigenvalue weighted by Gasteiger charge is -2.37. The number of ether oxygens (including phenoxy) is 5. The number of anilines is 2. The summed E-state index contributed by atoms with van der Waals surface area (Å²) in [4.78, 5) is 80.2. The number of fused-ring (bicyclic) bond motifs is 1. The van der Waals surface area contributed by atoms with Crippen molar-refractivity contribution < 1.29 is 69.9 Å². The number of hydrogen-bond donors (Lipinski definition) is 4. The molecule has 5 heterocycles. The van der Waals surface area contributed by atoms with Crippen molar-refractivity contribution in [1.82, 2.24) is 29.1 Å². The van der Waals surface area contributed by atoms with Crippen molar-refractivity contribution in [3.63, 3.8) is 0 Å². The molecule has 478 valence electrons. The Labute approximate surface area is 535 Å². The van der Waals surface area contributed by atoms with Gasteiger partial charge in [0.05, 0.1) is 33.8 Å². The third kappa shape index (κ3) is 15.0. The highest BCUT2D eigenvalue weighted by atomic mass is 35.5. The first-order valence-corrected chi connectivity index (χ1v) is 32.4. The summed E-state index contributed by atoms with van der Waals surface area (Å²) >= 11 is 12.4. The average molecular weight is 1330 g/mol. The smallest absolute Gasteiger partial charge is 0.497 e. The van der Waals surface area contributed by atoms with Gasteiger partial charge < -0.3 is 38.0 Å². The summed E-state index contributed by atoms with van der Waals surface area (Å²) in [5.74, 6) is -0.657. The van der Waals surface area contributed by atoms with E-state index in [9.17, 15) is 28.6 Å². The van der Waals surface area contributed by atoms with Crippen LogP contribution in [0.3, 0.4) is 0 Å². The molecule has 8 atom stereocenters. The van der Waals surface area contributed by atoms with Gasteiger partial charge in [0, 0.05) is 40.6 Å². The number of aromatic nitrogens is 6. The van der Waals surface area contributed by atoms with Gasteiger partial charge in [0.15, 0.2) is 11.2 Å². The monoisotopic (exact) mass is 1330 g/mol. The summed E-state index contributed by atoms with van der Waals surface area (Å²) in [6.07, 6.45) is -5.81. The quantitative estimate of drug-likeness (QED) is 0.0305. The topological polar surface area (TPSA) is 303 Å². The van der Waals surface area contributed by atoms with Gasteiger partial charge in [-0.25, -0.2) is 18.9 Å². The van der Waals surface area contributed by atoms with Gasteiger partial charge in [0.25, 0.3) is 11.5 Å². The van der Waals surface area contributed by atoms with Gasteiger partial charge in [-0.05, 0) is 108 Å². The fraction of sp³-hybridized carbons (Fsp3) is 0.254. The summed E-state index contributed by atoms with van der Waals surface area (Å²) in [6, 6.07) is 45.0. The molecular weight excluding hydrogens is 1270 g/mol. The molecule has 3 aromatic heterocycles. The van der Waals surface area contributed by atoms with Crippen LogP contribution in [0.4, 0.5) is 11.8 Å². The van der Waals surface area contributed by atoms with Crippen LogP contribution in [-0.2, 0) is 47.3 Å². The minimum absolute atomic E-state index is 0.00569. The zero-order valence-corrected chi connectivity index (χ0v) is 52.8. The Bertz CT molecular complexity index is 4240. The number of H-pyrrole nitrogens is 1. The maximum Gasteiger partial charge on any atom is 0.530 e. The highest BCUT2D eigenvalue weighted by Crippen LogP contribution is 2.55. The van der Waals surface area contributed by atoms with Crippen LogP contribution in [0.5, 0.6) is 23.0 Å². The van der Waals surface area contributed by atoms with E-state index in [1.807, 2.05) is 54.6 Å². The fourth-order valence-corrected chi connectivity index (χ4v) is 13.0. The average Bonchev–Trinajstić information content (AvgIpc) is 1.17. The molecule has 2 aliphatic heterocycles. The van der Waals surface area contributed by atoms with Gasteiger partial charge in [-0.1, -0.05) is 110 Å². The van der Waals surface area contributed by atoms with Crippen LogP contribution in [0.25, 0.3) is 11.2 Å². The molecule has 0 saturated carbocycles. The van der Waals surface area contributed by atoms with Crippen LogP contribution >= 0.6 is 38.8 Å². The molecule has 92 heavy (non-hydrogen) atoms. The number of carbonyl (C=O) groups excluding carboxylic acids is 2. The minimum atomic E-state index is -5.11. The molecule has 11 rings (SSSR count). The summed E-state index contributed by atoms with van der Waals surface area (Å²) in [5.41, 5.74) is -0.789. The normalized spacial score (nSPS) is 19.4. The van der Waals surface area contributed by atoms with Crippen LogP contribution in [0.15, 0.2) is 186 Å². The van der Waals surface area contributed by atoms with Gasteiger partial charge in [-0.2, -0.15) is 9.97 Å². The van der Waals surface area contributed by atoms with Crippen molar-refractivity contribution in [2.24, 2.45) is 5.92 Å². The SMILES string of the molecule is COc1ccc(C(OC[C@H]2O[C@@H](n3cnc4c(=O)[nH]c(NC(=O)C(C)C)nc43)C[C@@H]2OP(=O)(OC[C@H]2O[C@@H](n3ccc(NC(=O)c4ccccc4)nc3=O)C[C@@H]2OP(=O)(O)Oc2ccc(Cl)cc2)Oc2ccc(Cl)cc2)(c2ccccc2)c2ccc(OC)cc2)cc1. The lowest BCUT2D eigenvalue weighted by atomic mass is 9.80. The van der Waals surface area contributed by atoms with Crippen LogP contribution in [0.1, 0.15) is 66.2 Å². The third-order valence-corrected chi connectivity index (χ3v) is 17.8. The molecule has 2 unspecified atom stereocenters. The summed E-state index contributed by atoms with van der Waals surface area (Å²) < 4.78 is 94.6. The van der Waals surface area contributed by atoms with E-state index in [0.29, 0.717) is 43.8 Å². The summed E-state index contributed by atoms with van der Waals surface area (Å²) in [6.45, 7) is 2.22. The van der Waals surface area contributed by atoms with Crippen LogP contribution in [0.2, 0.25) is 10.0 Å². The van der Waals surface area contributed by atoms with Crippen LogP contribution in [0, 0.1) is 5.92 Å². The largest absolute Gasteiger partial charge is 0.530 e. The molecular formula is C63H60Cl2N8O17P2. The highest BCUT2D eigenvalue weighted by molar-refractivity contribution is 7.49. The van der Waals surface area contributed by atoms with E-state index >= 15 is 4.57 Å². The summed E-state index contributed by atoms with van der Waals surface area (Å²) in [7, 11) is -7.09. The zero-order chi connectivity index (χ0) is 64.7. The lowest BCUT2D eigenvalue weighted by molar-refractivity contribution is -0.119. The molecule has 4 N–H and O–H groups in total. The van der Waals surface area contributed by atoms with Crippen molar-refractivity contribution in [3.8, 4) is 23.0 Å². The number of carbonyl (C=O) groups is 2. The minimum Gasteiger partial charge on any atom is -0.497 e. The highest BCUT2D eigenvalue weighted by Gasteiger charge is 2.49. The van der Waals surface area contributed by atoms with Crippen molar-refractivity contribution >= 4 is 73.6 Å². The van der Waals surface area contributed by atoms with E-state index in [4.69, 9.17) is 69.5 Å². The van der Waals surface area contributed by atoms with Crippen molar-refractivity contribution in [2.45, 2.75) is 69.2 Å². The maximum absolute atomic E-state index is 16.0. The number of aromatic amines is 1. The number of methoxy groups -OCH3 is 2. The summed E-state index contributed by atoms with van der Waals surface area (Å²) in [5, 5.41) is 5.84. The van der Waals surface area contributed by atoms with Gasteiger partial charge >= 0.3 is 21.3 Å². The van der Waals surface area contributed by atoms with E-state index in [1.165, 1.54) is 71.7 Å². The number of hydrogen-bond acceptors (Lipinski definition) is 19.